The first-order valence-corrected chi connectivity index (χ1v) is 5.31. The fourth-order valence-corrected chi connectivity index (χ4v) is 1.24. The molecule has 0 aliphatic rings. The van der Waals surface area contributed by atoms with Gasteiger partial charge in [0.15, 0.2) is 0 Å². The summed E-state index contributed by atoms with van der Waals surface area (Å²) < 4.78 is 0. The van der Waals surface area contributed by atoms with Crippen molar-refractivity contribution in [3.05, 3.63) is 23.8 Å². The molecule has 0 fully saturated rings. The SMILES string of the molecule is CC(C)C(C)Nc1ccc(C(=O)O)cc1N. The van der Waals surface area contributed by atoms with Gasteiger partial charge in [-0.15, -0.1) is 0 Å². The van der Waals surface area contributed by atoms with Gasteiger partial charge in [0.05, 0.1) is 16.9 Å². The average molecular weight is 222 g/mol. The van der Waals surface area contributed by atoms with Gasteiger partial charge in [0.25, 0.3) is 0 Å². The zero-order valence-corrected chi connectivity index (χ0v) is 9.82. The second kappa shape index (κ2) is 4.88. The molecule has 4 N–H and O–H groups in total. The quantitative estimate of drug-likeness (QED) is 0.684. The van der Waals surface area contributed by atoms with Gasteiger partial charge in [0.2, 0.25) is 0 Å². The van der Waals surface area contributed by atoms with E-state index in [2.05, 4.69) is 26.1 Å². The summed E-state index contributed by atoms with van der Waals surface area (Å²) in [6, 6.07) is 5.02. The fourth-order valence-electron chi connectivity index (χ4n) is 1.24. The minimum absolute atomic E-state index is 0.209. The van der Waals surface area contributed by atoms with Gasteiger partial charge in [-0.3, -0.25) is 0 Å². The Kier molecular flexibility index (Phi) is 3.77. The molecule has 1 atom stereocenters. The Morgan fingerprint density at radius 1 is 1.38 bits per heavy atom. The molecule has 4 nitrogen and oxygen atoms in total. The first kappa shape index (κ1) is 12.4. The molecule has 0 spiro atoms. The lowest BCUT2D eigenvalue weighted by atomic mass is 10.1. The fraction of sp³-hybridized carbons (Fsp3) is 0.417. The monoisotopic (exact) mass is 222 g/mol. The molecule has 0 aliphatic heterocycles. The van der Waals surface area contributed by atoms with E-state index >= 15 is 0 Å². The van der Waals surface area contributed by atoms with Crippen LogP contribution in [0.2, 0.25) is 0 Å². The number of rotatable bonds is 4. The average Bonchev–Trinajstić information content (AvgIpc) is 2.20. The topological polar surface area (TPSA) is 75.3 Å². The summed E-state index contributed by atoms with van der Waals surface area (Å²) in [7, 11) is 0. The maximum atomic E-state index is 10.7. The molecule has 0 aliphatic carbocycles. The number of benzene rings is 1. The van der Waals surface area contributed by atoms with Gasteiger partial charge >= 0.3 is 5.97 Å². The normalized spacial score (nSPS) is 12.5. The molecule has 1 unspecified atom stereocenters. The third-order valence-corrected chi connectivity index (χ3v) is 2.68. The van der Waals surface area contributed by atoms with Crippen LogP contribution in [0.1, 0.15) is 31.1 Å². The number of anilines is 2. The molecule has 4 heteroatoms. The molecule has 16 heavy (non-hydrogen) atoms. The standard InChI is InChI=1S/C12H18N2O2/c1-7(2)8(3)14-11-5-4-9(12(15)16)6-10(11)13/h4-8,14H,13H2,1-3H3,(H,15,16). The highest BCUT2D eigenvalue weighted by molar-refractivity contribution is 5.90. The van der Waals surface area contributed by atoms with Crippen LogP contribution in [-0.2, 0) is 0 Å². The van der Waals surface area contributed by atoms with Gasteiger partial charge in [0, 0.05) is 6.04 Å². The molecule has 1 aromatic rings. The van der Waals surface area contributed by atoms with Crippen LogP contribution >= 0.6 is 0 Å². The van der Waals surface area contributed by atoms with Crippen LogP contribution in [0.3, 0.4) is 0 Å². The van der Waals surface area contributed by atoms with Gasteiger partial charge in [-0.2, -0.15) is 0 Å². The molecule has 0 amide bonds. The number of carboxylic acid groups (broad SMARTS) is 1. The molecule has 0 saturated heterocycles. The summed E-state index contributed by atoms with van der Waals surface area (Å²) in [6.45, 7) is 6.29. The summed E-state index contributed by atoms with van der Waals surface area (Å²) >= 11 is 0. The number of aromatic carboxylic acids is 1. The third-order valence-electron chi connectivity index (χ3n) is 2.68. The summed E-state index contributed by atoms with van der Waals surface area (Å²) in [5, 5.41) is 12.1. The predicted molar refractivity (Wildman–Crippen MR) is 65.7 cm³/mol. The van der Waals surface area contributed by atoms with Gasteiger partial charge in [-0.05, 0) is 31.0 Å². The number of nitrogens with one attached hydrogen (secondary N) is 1. The van der Waals surface area contributed by atoms with E-state index in [1.165, 1.54) is 6.07 Å². The number of hydrogen-bond acceptors (Lipinski definition) is 3. The predicted octanol–water partition coefficient (Wildman–Crippen LogP) is 2.42. The van der Waals surface area contributed by atoms with Crippen LogP contribution in [0.15, 0.2) is 18.2 Å². The van der Waals surface area contributed by atoms with E-state index in [1.54, 1.807) is 12.1 Å². The van der Waals surface area contributed by atoms with Crippen molar-refractivity contribution in [2.45, 2.75) is 26.8 Å². The lowest BCUT2D eigenvalue weighted by Crippen LogP contribution is -2.22. The molecule has 0 heterocycles. The van der Waals surface area contributed by atoms with Crippen molar-refractivity contribution in [3.63, 3.8) is 0 Å². The Balaban J connectivity index is 2.87. The van der Waals surface area contributed by atoms with Crippen molar-refractivity contribution >= 4 is 17.3 Å². The lowest BCUT2D eigenvalue weighted by Gasteiger charge is -2.20. The molecule has 0 bridgehead atoms. The summed E-state index contributed by atoms with van der Waals surface area (Å²) in [5.41, 5.74) is 7.24. The number of nitrogens with two attached hydrogens (primary N) is 1. The van der Waals surface area contributed by atoms with Crippen molar-refractivity contribution in [2.24, 2.45) is 5.92 Å². The molecular formula is C12H18N2O2. The summed E-state index contributed by atoms with van der Waals surface area (Å²) in [5.74, 6) is -0.478. The van der Waals surface area contributed by atoms with Gasteiger partial charge in [-0.25, -0.2) is 4.79 Å². The maximum absolute atomic E-state index is 10.7. The number of hydrogen-bond donors (Lipinski definition) is 3. The van der Waals surface area contributed by atoms with Crippen LogP contribution in [-0.4, -0.2) is 17.1 Å². The molecule has 0 radical (unpaired) electrons. The first-order valence-electron chi connectivity index (χ1n) is 5.31. The maximum Gasteiger partial charge on any atom is 0.335 e. The zero-order chi connectivity index (χ0) is 12.3. The van der Waals surface area contributed by atoms with Gasteiger partial charge < -0.3 is 16.2 Å². The van der Waals surface area contributed by atoms with E-state index < -0.39 is 5.97 Å². The highest BCUT2D eigenvalue weighted by Gasteiger charge is 2.10. The summed E-state index contributed by atoms with van der Waals surface area (Å²) in [6.07, 6.45) is 0. The van der Waals surface area contributed by atoms with Crippen LogP contribution in [0, 0.1) is 5.92 Å². The molecular weight excluding hydrogens is 204 g/mol. The van der Waals surface area contributed by atoms with E-state index in [-0.39, 0.29) is 11.6 Å². The zero-order valence-electron chi connectivity index (χ0n) is 9.82. The minimum Gasteiger partial charge on any atom is -0.478 e. The van der Waals surface area contributed by atoms with Crippen LogP contribution < -0.4 is 11.1 Å². The first-order chi connectivity index (χ1) is 7.41. The Morgan fingerprint density at radius 3 is 2.44 bits per heavy atom. The highest BCUT2D eigenvalue weighted by atomic mass is 16.4. The van der Waals surface area contributed by atoms with E-state index in [4.69, 9.17) is 10.8 Å². The molecule has 1 aromatic carbocycles. The van der Waals surface area contributed by atoms with E-state index in [1.807, 2.05) is 0 Å². The lowest BCUT2D eigenvalue weighted by molar-refractivity contribution is 0.0697. The molecule has 88 valence electrons. The van der Waals surface area contributed by atoms with E-state index in [0.29, 0.717) is 11.6 Å². The number of nitrogen functional groups attached to an aromatic ring is 1. The van der Waals surface area contributed by atoms with Gasteiger partial charge in [0.1, 0.15) is 0 Å². The Bertz CT molecular complexity index is 389. The van der Waals surface area contributed by atoms with Crippen molar-refractivity contribution in [3.8, 4) is 0 Å². The molecule has 0 saturated carbocycles. The molecule has 1 rings (SSSR count). The second-order valence-electron chi connectivity index (χ2n) is 4.28. The van der Waals surface area contributed by atoms with Crippen molar-refractivity contribution in [1.82, 2.24) is 0 Å². The Morgan fingerprint density at radius 2 is 2.00 bits per heavy atom. The largest absolute Gasteiger partial charge is 0.478 e. The van der Waals surface area contributed by atoms with E-state index in [0.717, 1.165) is 5.69 Å². The summed E-state index contributed by atoms with van der Waals surface area (Å²) in [4.78, 5) is 10.7. The van der Waals surface area contributed by atoms with Crippen LogP contribution in [0.25, 0.3) is 0 Å². The van der Waals surface area contributed by atoms with Crippen molar-refractivity contribution in [1.29, 1.82) is 0 Å². The minimum atomic E-state index is -0.963. The van der Waals surface area contributed by atoms with Gasteiger partial charge in [-0.1, -0.05) is 13.8 Å². The highest BCUT2D eigenvalue weighted by Crippen LogP contribution is 2.22. The number of carboxylic acids is 1. The van der Waals surface area contributed by atoms with E-state index in [9.17, 15) is 4.79 Å². The smallest absolute Gasteiger partial charge is 0.335 e. The second-order valence-corrected chi connectivity index (χ2v) is 4.28. The Hall–Kier alpha value is -1.71. The number of carbonyl (C=O) groups is 1. The third kappa shape index (κ3) is 2.89. The van der Waals surface area contributed by atoms with Crippen LogP contribution in [0.4, 0.5) is 11.4 Å². The Labute approximate surface area is 95.5 Å². The molecule has 0 aromatic heterocycles. The van der Waals surface area contributed by atoms with Crippen LogP contribution in [0.5, 0.6) is 0 Å². The van der Waals surface area contributed by atoms with Crippen molar-refractivity contribution < 1.29 is 9.90 Å². The van der Waals surface area contributed by atoms with Crippen molar-refractivity contribution in [2.75, 3.05) is 11.1 Å².